The number of fused-ring (bicyclic) bond motifs is 3. The van der Waals surface area contributed by atoms with Gasteiger partial charge in [0.05, 0.1) is 11.8 Å². The predicted molar refractivity (Wildman–Crippen MR) is 81.5 cm³/mol. The van der Waals surface area contributed by atoms with Gasteiger partial charge in [0.2, 0.25) is 0 Å². The average molecular weight is 303 g/mol. The number of nitrogens with one attached hydrogen (secondary N) is 2. The molecule has 0 fully saturated rings. The SMILES string of the molecule is CCN1CCc2c(sc3c2C(=O)N[C@@H](c2ccco2)N3)C1. The Morgan fingerprint density at radius 1 is 1.48 bits per heavy atom. The number of hydrogen-bond acceptors (Lipinski definition) is 5. The smallest absolute Gasteiger partial charge is 0.256 e. The van der Waals surface area contributed by atoms with E-state index >= 15 is 0 Å². The van der Waals surface area contributed by atoms with Gasteiger partial charge in [-0.05, 0) is 30.7 Å². The number of thiophene rings is 1. The second-order valence-electron chi connectivity index (χ2n) is 5.39. The Morgan fingerprint density at radius 2 is 2.38 bits per heavy atom. The number of furan rings is 1. The summed E-state index contributed by atoms with van der Waals surface area (Å²) in [6.45, 7) is 5.21. The maximum atomic E-state index is 12.5. The van der Waals surface area contributed by atoms with E-state index in [2.05, 4.69) is 22.5 Å². The van der Waals surface area contributed by atoms with Crippen molar-refractivity contribution in [2.75, 3.05) is 18.4 Å². The molecular weight excluding hydrogens is 286 g/mol. The molecule has 0 radical (unpaired) electrons. The fourth-order valence-corrected chi connectivity index (χ4v) is 4.35. The molecule has 0 aliphatic carbocycles. The van der Waals surface area contributed by atoms with Gasteiger partial charge in [0.15, 0.2) is 6.17 Å². The molecule has 0 spiro atoms. The van der Waals surface area contributed by atoms with E-state index in [0.717, 1.165) is 42.4 Å². The van der Waals surface area contributed by atoms with Gasteiger partial charge in [-0.25, -0.2) is 0 Å². The third kappa shape index (κ3) is 2.06. The maximum absolute atomic E-state index is 12.5. The first-order valence-electron chi connectivity index (χ1n) is 7.24. The largest absolute Gasteiger partial charge is 0.465 e. The van der Waals surface area contributed by atoms with E-state index in [0.29, 0.717) is 0 Å². The van der Waals surface area contributed by atoms with E-state index < -0.39 is 0 Å². The molecule has 2 aliphatic rings. The van der Waals surface area contributed by atoms with Crippen molar-refractivity contribution >= 4 is 22.2 Å². The summed E-state index contributed by atoms with van der Waals surface area (Å²) < 4.78 is 5.39. The molecule has 4 rings (SSSR count). The van der Waals surface area contributed by atoms with E-state index in [1.54, 1.807) is 17.6 Å². The molecule has 0 aromatic carbocycles. The number of carbonyl (C=O) groups excluding carboxylic acids is 1. The Balaban J connectivity index is 1.69. The molecule has 6 heteroatoms. The number of nitrogens with zero attached hydrogens (tertiary/aromatic N) is 1. The number of carbonyl (C=O) groups is 1. The summed E-state index contributed by atoms with van der Waals surface area (Å²) >= 11 is 1.71. The molecule has 0 unspecified atom stereocenters. The van der Waals surface area contributed by atoms with Crippen LogP contribution in [0.15, 0.2) is 22.8 Å². The normalized spacial score (nSPS) is 21.4. The fourth-order valence-electron chi connectivity index (χ4n) is 3.04. The Bertz CT molecular complexity index is 677. The molecule has 1 amide bonds. The maximum Gasteiger partial charge on any atom is 0.256 e. The Morgan fingerprint density at radius 3 is 3.14 bits per heavy atom. The number of likely N-dealkylation sites (N-methyl/N-ethyl adjacent to an activating group) is 1. The van der Waals surface area contributed by atoms with Gasteiger partial charge in [0.25, 0.3) is 5.91 Å². The second kappa shape index (κ2) is 4.89. The van der Waals surface area contributed by atoms with Gasteiger partial charge in [-0.15, -0.1) is 11.3 Å². The molecule has 2 aliphatic heterocycles. The van der Waals surface area contributed by atoms with Crippen LogP contribution in [0, 0.1) is 0 Å². The van der Waals surface area contributed by atoms with E-state index in [-0.39, 0.29) is 12.1 Å². The molecule has 0 saturated heterocycles. The average Bonchev–Trinajstić information content (AvgIpc) is 3.13. The molecule has 0 saturated carbocycles. The van der Waals surface area contributed by atoms with Gasteiger partial charge in [0, 0.05) is 18.0 Å². The first kappa shape index (κ1) is 12.9. The van der Waals surface area contributed by atoms with Crippen molar-refractivity contribution in [1.82, 2.24) is 10.2 Å². The van der Waals surface area contributed by atoms with Crippen molar-refractivity contribution in [3.05, 3.63) is 40.2 Å². The third-order valence-corrected chi connectivity index (χ3v) is 5.34. The lowest BCUT2D eigenvalue weighted by Gasteiger charge is -2.27. The Hall–Kier alpha value is -1.79. The van der Waals surface area contributed by atoms with Gasteiger partial charge in [-0.1, -0.05) is 6.92 Å². The molecule has 2 aromatic heterocycles. The van der Waals surface area contributed by atoms with Gasteiger partial charge in [-0.3, -0.25) is 9.69 Å². The highest BCUT2D eigenvalue weighted by molar-refractivity contribution is 7.16. The summed E-state index contributed by atoms with van der Waals surface area (Å²) in [7, 11) is 0. The van der Waals surface area contributed by atoms with E-state index in [1.165, 1.54) is 10.4 Å². The lowest BCUT2D eigenvalue weighted by atomic mass is 10.0. The summed E-state index contributed by atoms with van der Waals surface area (Å²) in [6.07, 6.45) is 2.30. The Kier molecular flexibility index (Phi) is 3.01. The zero-order chi connectivity index (χ0) is 14.4. The van der Waals surface area contributed by atoms with Gasteiger partial charge in [0.1, 0.15) is 10.8 Å². The summed E-state index contributed by atoms with van der Waals surface area (Å²) in [6, 6.07) is 3.70. The molecule has 2 N–H and O–H groups in total. The standard InChI is InChI=1S/C15H17N3O2S/c1-2-18-6-5-9-11(8-18)21-15-12(9)14(19)16-13(17-15)10-4-3-7-20-10/h3-4,7,13,17H,2,5-6,8H2,1H3,(H,16,19)/t13-/m1/s1. The minimum Gasteiger partial charge on any atom is -0.465 e. The van der Waals surface area contributed by atoms with E-state index in [9.17, 15) is 4.79 Å². The first-order valence-corrected chi connectivity index (χ1v) is 8.05. The van der Waals surface area contributed by atoms with Crippen LogP contribution in [-0.2, 0) is 13.0 Å². The molecule has 5 nitrogen and oxygen atoms in total. The zero-order valence-electron chi connectivity index (χ0n) is 11.8. The molecule has 2 aromatic rings. The van der Waals surface area contributed by atoms with Crippen LogP contribution >= 0.6 is 11.3 Å². The molecule has 1 atom stereocenters. The van der Waals surface area contributed by atoms with Crippen LogP contribution in [0.4, 0.5) is 5.00 Å². The Labute approximate surface area is 126 Å². The predicted octanol–water partition coefficient (Wildman–Crippen LogP) is 2.57. The number of anilines is 1. The number of hydrogen-bond donors (Lipinski definition) is 2. The quantitative estimate of drug-likeness (QED) is 0.895. The summed E-state index contributed by atoms with van der Waals surface area (Å²) in [5.74, 6) is 0.739. The van der Waals surface area contributed by atoms with Crippen molar-refractivity contribution in [2.24, 2.45) is 0 Å². The van der Waals surface area contributed by atoms with Gasteiger partial charge in [-0.2, -0.15) is 0 Å². The minimum absolute atomic E-state index is 0.00704. The van der Waals surface area contributed by atoms with E-state index in [4.69, 9.17) is 4.42 Å². The van der Waals surface area contributed by atoms with Crippen LogP contribution < -0.4 is 10.6 Å². The van der Waals surface area contributed by atoms with E-state index in [1.807, 2.05) is 12.1 Å². The van der Waals surface area contributed by atoms with Crippen molar-refractivity contribution in [3.63, 3.8) is 0 Å². The van der Waals surface area contributed by atoms with Crippen LogP contribution in [0.1, 0.15) is 39.6 Å². The van der Waals surface area contributed by atoms with Gasteiger partial charge < -0.3 is 15.1 Å². The van der Waals surface area contributed by atoms with Crippen molar-refractivity contribution in [1.29, 1.82) is 0 Å². The lowest BCUT2D eigenvalue weighted by molar-refractivity contribution is 0.0930. The highest BCUT2D eigenvalue weighted by Gasteiger charge is 2.33. The van der Waals surface area contributed by atoms with Gasteiger partial charge >= 0.3 is 0 Å². The molecule has 110 valence electrons. The third-order valence-electron chi connectivity index (χ3n) is 4.19. The number of amides is 1. The van der Waals surface area contributed by atoms with Crippen molar-refractivity contribution in [3.8, 4) is 0 Å². The molecular formula is C15H17N3O2S. The monoisotopic (exact) mass is 303 g/mol. The zero-order valence-corrected chi connectivity index (χ0v) is 12.6. The highest BCUT2D eigenvalue weighted by Crippen LogP contribution is 2.40. The molecule has 21 heavy (non-hydrogen) atoms. The summed E-state index contributed by atoms with van der Waals surface area (Å²) in [4.78, 5) is 16.2. The van der Waals surface area contributed by atoms with Crippen LogP contribution in [0.2, 0.25) is 0 Å². The molecule has 0 bridgehead atoms. The van der Waals surface area contributed by atoms with Crippen LogP contribution in [0.25, 0.3) is 0 Å². The van der Waals surface area contributed by atoms with Crippen LogP contribution in [-0.4, -0.2) is 23.9 Å². The topological polar surface area (TPSA) is 57.5 Å². The fraction of sp³-hybridized carbons (Fsp3) is 0.400. The highest BCUT2D eigenvalue weighted by atomic mass is 32.1. The molecule has 4 heterocycles. The lowest BCUT2D eigenvalue weighted by Crippen LogP contribution is -2.38. The summed E-state index contributed by atoms with van der Waals surface area (Å²) in [5, 5.41) is 7.35. The van der Waals surface area contributed by atoms with Crippen LogP contribution in [0.5, 0.6) is 0 Å². The number of rotatable bonds is 2. The van der Waals surface area contributed by atoms with Crippen molar-refractivity contribution in [2.45, 2.75) is 26.1 Å². The summed E-state index contributed by atoms with van der Waals surface area (Å²) in [5.41, 5.74) is 2.07. The second-order valence-corrected chi connectivity index (χ2v) is 6.50. The minimum atomic E-state index is -0.276. The van der Waals surface area contributed by atoms with Crippen LogP contribution in [0.3, 0.4) is 0 Å². The first-order chi connectivity index (χ1) is 10.3. The van der Waals surface area contributed by atoms with Crippen molar-refractivity contribution < 1.29 is 9.21 Å².